The minimum absolute atomic E-state index is 0.239. The summed E-state index contributed by atoms with van der Waals surface area (Å²) in [7, 11) is 0. The first-order chi connectivity index (χ1) is 8.81. The van der Waals surface area contributed by atoms with Crippen molar-refractivity contribution >= 4 is 11.3 Å². The Balaban J connectivity index is 1.83. The van der Waals surface area contributed by atoms with Crippen molar-refractivity contribution in [3.8, 4) is 11.3 Å². The molecule has 0 radical (unpaired) electrons. The third-order valence-electron chi connectivity index (χ3n) is 2.46. The van der Waals surface area contributed by atoms with Gasteiger partial charge in [-0.05, 0) is 24.3 Å². The van der Waals surface area contributed by atoms with Gasteiger partial charge in [0.05, 0.1) is 18.4 Å². The summed E-state index contributed by atoms with van der Waals surface area (Å²) in [4.78, 5) is 4.49. The van der Waals surface area contributed by atoms with Crippen LogP contribution in [0.3, 0.4) is 0 Å². The van der Waals surface area contributed by atoms with Crippen molar-refractivity contribution in [1.29, 1.82) is 0 Å². The fraction of sp³-hybridized carbons (Fsp3) is 0.0833. The standard InChI is InChI=1S/C12H9FN4S/c13-10-3-1-9(2-4-10)11-8-18-12(15-11)7-17-6-5-14-16-17/h1-6,8H,7H2. The van der Waals surface area contributed by atoms with Crippen molar-refractivity contribution in [2.45, 2.75) is 6.54 Å². The molecule has 1 aromatic carbocycles. The highest BCUT2D eigenvalue weighted by Crippen LogP contribution is 2.22. The molecular formula is C12H9FN4S. The highest BCUT2D eigenvalue weighted by Gasteiger charge is 2.05. The van der Waals surface area contributed by atoms with E-state index in [0.29, 0.717) is 6.54 Å². The van der Waals surface area contributed by atoms with E-state index in [0.717, 1.165) is 16.3 Å². The molecule has 18 heavy (non-hydrogen) atoms. The van der Waals surface area contributed by atoms with E-state index >= 15 is 0 Å². The first-order valence-corrected chi connectivity index (χ1v) is 6.24. The lowest BCUT2D eigenvalue weighted by Crippen LogP contribution is -1.99. The normalized spacial score (nSPS) is 10.7. The van der Waals surface area contributed by atoms with Crippen LogP contribution in [0.15, 0.2) is 42.0 Å². The Morgan fingerprint density at radius 1 is 1.22 bits per heavy atom. The first-order valence-electron chi connectivity index (χ1n) is 5.36. The number of benzene rings is 1. The van der Waals surface area contributed by atoms with Crippen LogP contribution in [0.2, 0.25) is 0 Å². The Bertz CT molecular complexity index is 630. The molecule has 0 N–H and O–H groups in total. The molecule has 0 unspecified atom stereocenters. The van der Waals surface area contributed by atoms with Gasteiger partial charge in [0.2, 0.25) is 0 Å². The van der Waals surface area contributed by atoms with E-state index in [9.17, 15) is 4.39 Å². The Morgan fingerprint density at radius 3 is 2.78 bits per heavy atom. The molecule has 3 rings (SSSR count). The number of halogens is 1. The molecule has 0 atom stereocenters. The number of hydrogen-bond donors (Lipinski definition) is 0. The predicted octanol–water partition coefficient (Wildman–Crippen LogP) is 2.59. The molecule has 0 amide bonds. The maximum Gasteiger partial charge on any atom is 0.123 e. The highest BCUT2D eigenvalue weighted by molar-refractivity contribution is 7.09. The molecule has 90 valence electrons. The van der Waals surface area contributed by atoms with Crippen molar-refractivity contribution in [3.63, 3.8) is 0 Å². The van der Waals surface area contributed by atoms with Gasteiger partial charge in [-0.3, -0.25) is 0 Å². The van der Waals surface area contributed by atoms with Gasteiger partial charge in [-0.25, -0.2) is 14.1 Å². The van der Waals surface area contributed by atoms with Gasteiger partial charge in [0.15, 0.2) is 0 Å². The molecular weight excluding hydrogens is 251 g/mol. The number of hydrogen-bond acceptors (Lipinski definition) is 4. The molecule has 2 aromatic heterocycles. The zero-order valence-electron chi connectivity index (χ0n) is 9.32. The summed E-state index contributed by atoms with van der Waals surface area (Å²) in [6.45, 7) is 0.603. The van der Waals surface area contributed by atoms with E-state index in [1.807, 2.05) is 5.38 Å². The molecule has 0 aliphatic heterocycles. The fourth-order valence-corrected chi connectivity index (χ4v) is 2.39. The lowest BCUT2D eigenvalue weighted by atomic mass is 10.2. The minimum Gasteiger partial charge on any atom is -0.246 e. The molecule has 6 heteroatoms. The summed E-state index contributed by atoms with van der Waals surface area (Å²) in [6, 6.07) is 6.32. The lowest BCUT2D eigenvalue weighted by molar-refractivity contribution is 0.628. The van der Waals surface area contributed by atoms with Gasteiger partial charge in [0.1, 0.15) is 10.8 Å². The summed E-state index contributed by atoms with van der Waals surface area (Å²) in [5, 5.41) is 10.5. The number of aromatic nitrogens is 4. The Labute approximate surface area is 107 Å². The van der Waals surface area contributed by atoms with Gasteiger partial charge in [0.25, 0.3) is 0 Å². The van der Waals surface area contributed by atoms with Crippen LogP contribution in [0.1, 0.15) is 5.01 Å². The molecule has 0 fully saturated rings. The monoisotopic (exact) mass is 260 g/mol. The summed E-state index contributed by atoms with van der Waals surface area (Å²) >= 11 is 1.55. The fourth-order valence-electron chi connectivity index (χ4n) is 1.59. The zero-order valence-corrected chi connectivity index (χ0v) is 10.1. The summed E-state index contributed by atoms with van der Waals surface area (Å²) < 4.78 is 14.5. The molecule has 2 heterocycles. The molecule has 0 aliphatic rings. The molecule has 0 aliphatic carbocycles. The van der Waals surface area contributed by atoms with Crippen LogP contribution in [0.5, 0.6) is 0 Å². The maximum absolute atomic E-state index is 12.8. The van der Waals surface area contributed by atoms with Crippen molar-refractivity contribution in [1.82, 2.24) is 20.0 Å². The zero-order chi connectivity index (χ0) is 12.4. The quantitative estimate of drug-likeness (QED) is 0.727. The summed E-state index contributed by atoms with van der Waals surface area (Å²) in [6.07, 6.45) is 3.42. The highest BCUT2D eigenvalue weighted by atomic mass is 32.1. The maximum atomic E-state index is 12.8. The Kier molecular flexibility index (Phi) is 2.85. The summed E-state index contributed by atoms with van der Waals surface area (Å²) in [5.41, 5.74) is 1.77. The van der Waals surface area contributed by atoms with Crippen LogP contribution >= 0.6 is 11.3 Å². The van der Waals surface area contributed by atoms with E-state index in [1.54, 1.807) is 40.5 Å². The van der Waals surface area contributed by atoms with Gasteiger partial charge < -0.3 is 0 Å². The molecule has 0 spiro atoms. The van der Waals surface area contributed by atoms with Crippen LogP contribution in [0.25, 0.3) is 11.3 Å². The van der Waals surface area contributed by atoms with Crippen molar-refractivity contribution in [3.05, 3.63) is 52.9 Å². The Hall–Kier alpha value is -2.08. The lowest BCUT2D eigenvalue weighted by Gasteiger charge is -1.96. The number of rotatable bonds is 3. The van der Waals surface area contributed by atoms with E-state index < -0.39 is 0 Å². The topological polar surface area (TPSA) is 43.6 Å². The predicted molar refractivity (Wildman–Crippen MR) is 66.6 cm³/mol. The first kappa shape index (κ1) is 11.0. The second-order valence-corrected chi connectivity index (χ2v) is 4.68. The molecule has 0 saturated carbocycles. The van der Waals surface area contributed by atoms with Crippen LogP contribution in [0.4, 0.5) is 4.39 Å². The average molecular weight is 260 g/mol. The smallest absolute Gasteiger partial charge is 0.123 e. The summed E-state index contributed by atoms with van der Waals surface area (Å²) in [5.74, 6) is -0.239. The second kappa shape index (κ2) is 4.66. The van der Waals surface area contributed by atoms with E-state index in [-0.39, 0.29) is 5.82 Å². The minimum atomic E-state index is -0.239. The van der Waals surface area contributed by atoms with Gasteiger partial charge >= 0.3 is 0 Å². The third-order valence-corrected chi connectivity index (χ3v) is 3.29. The largest absolute Gasteiger partial charge is 0.246 e. The number of nitrogens with zero attached hydrogens (tertiary/aromatic N) is 4. The molecule has 0 bridgehead atoms. The van der Waals surface area contributed by atoms with E-state index in [2.05, 4.69) is 15.3 Å². The van der Waals surface area contributed by atoms with Crippen LogP contribution in [-0.2, 0) is 6.54 Å². The van der Waals surface area contributed by atoms with Crippen molar-refractivity contribution in [2.24, 2.45) is 0 Å². The van der Waals surface area contributed by atoms with E-state index in [1.165, 1.54) is 12.1 Å². The average Bonchev–Trinajstić information content (AvgIpc) is 3.02. The third kappa shape index (κ3) is 2.28. The van der Waals surface area contributed by atoms with Gasteiger partial charge in [0, 0.05) is 17.1 Å². The molecule has 4 nitrogen and oxygen atoms in total. The number of thiazole rings is 1. The van der Waals surface area contributed by atoms with Crippen molar-refractivity contribution in [2.75, 3.05) is 0 Å². The second-order valence-electron chi connectivity index (χ2n) is 3.73. The van der Waals surface area contributed by atoms with Gasteiger partial charge in [-0.15, -0.1) is 16.4 Å². The molecule has 0 saturated heterocycles. The van der Waals surface area contributed by atoms with Gasteiger partial charge in [-0.1, -0.05) is 5.21 Å². The van der Waals surface area contributed by atoms with Crippen LogP contribution < -0.4 is 0 Å². The van der Waals surface area contributed by atoms with Crippen LogP contribution in [0, 0.1) is 5.82 Å². The molecule has 3 aromatic rings. The SMILES string of the molecule is Fc1ccc(-c2csc(Cn3ccnn3)n2)cc1. The van der Waals surface area contributed by atoms with E-state index in [4.69, 9.17) is 0 Å². The van der Waals surface area contributed by atoms with Gasteiger partial charge in [-0.2, -0.15) is 0 Å². The van der Waals surface area contributed by atoms with Crippen molar-refractivity contribution < 1.29 is 4.39 Å². The van der Waals surface area contributed by atoms with Crippen LogP contribution in [-0.4, -0.2) is 20.0 Å². The Morgan fingerprint density at radius 2 is 2.06 bits per heavy atom.